The molecule has 6 nitrogen and oxygen atoms in total. The smallest absolute Gasteiger partial charge is 0.274 e. The van der Waals surface area contributed by atoms with E-state index in [1.165, 1.54) is 5.69 Å². The Bertz CT molecular complexity index is 779. The molecule has 2 heterocycles. The van der Waals surface area contributed by atoms with Crippen LogP contribution in [0.3, 0.4) is 0 Å². The van der Waals surface area contributed by atoms with Crippen LogP contribution in [0.2, 0.25) is 0 Å². The predicted octanol–water partition coefficient (Wildman–Crippen LogP) is 2.75. The van der Waals surface area contributed by atoms with Crippen molar-refractivity contribution in [2.24, 2.45) is 0 Å². The molecule has 26 heavy (non-hydrogen) atoms. The lowest BCUT2D eigenvalue weighted by atomic mass is 9.90. The second-order valence-corrected chi connectivity index (χ2v) is 8.43. The third-order valence-electron chi connectivity index (χ3n) is 5.07. The highest BCUT2D eigenvalue weighted by Gasteiger charge is 2.31. The summed E-state index contributed by atoms with van der Waals surface area (Å²) in [5.74, 6) is 0.00883. The summed E-state index contributed by atoms with van der Waals surface area (Å²) in [6.07, 6.45) is 3.98. The van der Waals surface area contributed by atoms with Gasteiger partial charge in [0.1, 0.15) is 0 Å². The predicted molar refractivity (Wildman–Crippen MR) is 105 cm³/mol. The standard InChI is InChI=1S/C19H29N5OS/c1-6-9-24-17-8-7-15(23(5)11-14-12-26-13(2)20-14)10-16(17)18(21-24)19(25)22(3)4/h12,15H,6-11H2,1-5H3. The van der Waals surface area contributed by atoms with Crippen molar-refractivity contribution in [1.29, 1.82) is 0 Å². The number of hydrogen-bond donors (Lipinski definition) is 0. The minimum absolute atomic E-state index is 0.00883. The van der Waals surface area contributed by atoms with Gasteiger partial charge in [0.15, 0.2) is 5.69 Å². The number of rotatable bonds is 6. The molecule has 0 saturated heterocycles. The maximum Gasteiger partial charge on any atom is 0.274 e. The molecule has 2 aromatic rings. The molecule has 0 aromatic carbocycles. The Balaban J connectivity index is 1.82. The van der Waals surface area contributed by atoms with Crippen LogP contribution in [0, 0.1) is 6.92 Å². The minimum Gasteiger partial charge on any atom is -0.343 e. The highest BCUT2D eigenvalue weighted by Crippen LogP contribution is 2.28. The molecule has 1 unspecified atom stereocenters. The number of likely N-dealkylation sites (N-methyl/N-ethyl adjacent to an activating group) is 1. The molecular weight excluding hydrogens is 346 g/mol. The minimum atomic E-state index is 0.00883. The second-order valence-electron chi connectivity index (χ2n) is 7.37. The highest BCUT2D eigenvalue weighted by molar-refractivity contribution is 7.09. The van der Waals surface area contributed by atoms with E-state index >= 15 is 0 Å². The van der Waals surface area contributed by atoms with Crippen LogP contribution in [0.5, 0.6) is 0 Å². The van der Waals surface area contributed by atoms with Gasteiger partial charge >= 0.3 is 0 Å². The topological polar surface area (TPSA) is 54.3 Å². The van der Waals surface area contributed by atoms with Crippen molar-refractivity contribution in [2.45, 2.75) is 58.7 Å². The summed E-state index contributed by atoms with van der Waals surface area (Å²) in [6, 6.07) is 0.414. The van der Waals surface area contributed by atoms with Crippen molar-refractivity contribution in [3.05, 3.63) is 33.0 Å². The van der Waals surface area contributed by atoms with Crippen LogP contribution in [-0.4, -0.2) is 57.7 Å². The van der Waals surface area contributed by atoms with Gasteiger partial charge in [-0.15, -0.1) is 11.3 Å². The fraction of sp³-hybridized carbons (Fsp3) is 0.632. The number of amides is 1. The molecule has 0 saturated carbocycles. The number of thiazole rings is 1. The Morgan fingerprint density at radius 2 is 2.15 bits per heavy atom. The maximum atomic E-state index is 12.6. The molecule has 1 aliphatic carbocycles. The third-order valence-corrected chi connectivity index (χ3v) is 5.89. The first-order valence-corrected chi connectivity index (χ1v) is 10.2. The fourth-order valence-corrected chi connectivity index (χ4v) is 4.30. The van der Waals surface area contributed by atoms with Gasteiger partial charge in [0, 0.05) is 49.9 Å². The van der Waals surface area contributed by atoms with Crippen molar-refractivity contribution < 1.29 is 4.79 Å². The van der Waals surface area contributed by atoms with E-state index < -0.39 is 0 Å². The van der Waals surface area contributed by atoms with Gasteiger partial charge in [-0.2, -0.15) is 5.10 Å². The first-order chi connectivity index (χ1) is 12.4. The van der Waals surface area contributed by atoms with Gasteiger partial charge < -0.3 is 4.90 Å². The Hall–Kier alpha value is -1.73. The molecule has 0 aliphatic heterocycles. The Morgan fingerprint density at radius 1 is 1.38 bits per heavy atom. The first-order valence-electron chi connectivity index (χ1n) is 9.32. The van der Waals surface area contributed by atoms with Gasteiger partial charge in [-0.3, -0.25) is 14.4 Å². The Morgan fingerprint density at radius 3 is 2.77 bits per heavy atom. The molecule has 0 radical (unpaired) electrons. The number of fused-ring (bicyclic) bond motifs is 1. The zero-order valence-corrected chi connectivity index (χ0v) is 17.3. The molecule has 7 heteroatoms. The van der Waals surface area contributed by atoms with Crippen molar-refractivity contribution >= 4 is 17.2 Å². The lowest BCUT2D eigenvalue weighted by Gasteiger charge is -2.31. The lowest BCUT2D eigenvalue weighted by molar-refractivity contribution is 0.0819. The average molecular weight is 376 g/mol. The van der Waals surface area contributed by atoms with Gasteiger partial charge in [0.05, 0.1) is 10.7 Å². The van der Waals surface area contributed by atoms with Gasteiger partial charge in [-0.25, -0.2) is 4.98 Å². The summed E-state index contributed by atoms with van der Waals surface area (Å²) >= 11 is 1.70. The second kappa shape index (κ2) is 7.88. The molecule has 142 valence electrons. The van der Waals surface area contributed by atoms with E-state index in [9.17, 15) is 4.79 Å². The third kappa shape index (κ3) is 3.83. The normalized spacial score (nSPS) is 16.8. The van der Waals surface area contributed by atoms with Crippen molar-refractivity contribution in [3.8, 4) is 0 Å². The summed E-state index contributed by atoms with van der Waals surface area (Å²) in [5.41, 5.74) is 4.18. The number of hydrogen-bond acceptors (Lipinski definition) is 5. The van der Waals surface area contributed by atoms with E-state index in [4.69, 9.17) is 0 Å². The lowest BCUT2D eigenvalue weighted by Crippen LogP contribution is -2.37. The average Bonchev–Trinajstić information content (AvgIpc) is 3.17. The highest BCUT2D eigenvalue weighted by atomic mass is 32.1. The molecule has 0 N–H and O–H groups in total. The molecule has 0 fully saturated rings. The molecule has 0 spiro atoms. The van der Waals surface area contributed by atoms with Crippen molar-refractivity contribution in [2.75, 3.05) is 21.1 Å². The fourth-order valence-electron chi connectivity index (χ4n) is 3.69. The largest absolute Gasteiger partial charge is 0.343 e. The summed E-state index contributed by atoms with van der Waals surface area (Å²) < 4.78 is 2.06. The van der Waals surface area contributed by atoms with Crippen LogP contribution in [0.25, 0.3) is 0 Å². The van der Waals surface area contributed by atoms with Gasteiger partial charge in [0.2, 0.25) is 0 Å². The SMILES string of the molecule is CCCn1nc(C(=O)N(C)C)c2c1CCC(N(C)Cc1csc(C)n1)C2. The first kappa shape index (κ1) is 19.0. The van der Waals surface area contributed by atoms with Crippen LogP contribution in [0.15, 0.2) is 5.38 Å². The number of aryl methyl sites for hydroxylation is 2. The molecule has 1 aliphatic rings. The van der Waals surface area contributed by atoms with Crippen LogP contribution in [0.1, 0.15) is 52.2 Å². The van der Waals surface area contributed by atoms with E-state index in [-0.39, 0.29) is 5.91 Å². The number of aromatic nitrogens is 3. The number of carbonyl (C=O) groups is 1. The summed E-state index contributed by atoms with van der Waals surface area (Å²) in [5, 5.41) is 7.93. The van der Waals surface area contributed by atoms with E-state index in [0.717, 1.165) is 55.0 Å². The summed E-state index contributed by atoms with van der Waals surface area (Å²) in [6.45, 7) is 5.92. The Labute approximate surface area is 159 Å². The molecular formula is C19H29N5OS. The van der Waals surface area contributed by atoms with Crippen molar-refractivity contribution in [3.63, 3.8) is 0 Å². The van der Waals surface area contributed by atoms with Crippen LogP contribution >= 0.6 is 11.3 Å². The van der Waals surface area contributed by atoms with Crippen LogP contribution in [-0.2, 0) is 25.9 Å². The van der Waals surface area contributed by atoms with Crippen LogP contribution < -0.4 is 0 Å². The Kier molecular flexibility index (Phi) is 5.77. The van der Waals surface area contributed by atoms with E-state index in [2.05, 4.69) is 39.0 Å². The molecule has 1 amide bonds. The quantitative estimate of drug-likeness (QED) is 0.779. The summed E-state index contributed by atoms with van der Waals surface area (Å²) in [4.78, 5) is 21.2. The van der Waals surface area contributed by atoms with E-state index in [1.54, 1.807) is 30.3 Å². The maximum absolute atomic E-state index is 12.6. The zero-order chi connectivity index (χ0) is 18.8. The zero-order valence-electron chi connectivity index (χ0n) is 16.4. The van der Waals surface area contributed by atoms with E-state index in [1.807, 2.05) is 6.92 Å². The molecule has 3 rings (SSSR count). The molecule has 1 atom stereocenters. The van der Waals surface area contributed by atoms with Gasteiger partial charge in [0.25, 0.3) is 5.91 Å². The number of carbonyl (C=O) groups excluding carboxylic acids is 1. The van der Waals surface area contributed by atoms with Gasteiger partial charge in [-0.1, -0.05) is 6.92 Å². The number of nitrogens with zero attached hydrogens (tertiary/aromatic N) is 5. The van der Waals surface area contributed by atoms with Gasteiger partial charge in [-0.05, 0) is 39.7 Å². The van der Waals surface area contributed by atoms with Crippen LogP contribution in [0.4, 0.5) is 0 Å². The summed E-state index contributed by atoms with van der Waals surface area (Å²) in [7, 11) is 5.75. The monoisotopic (exact) mass is 375 g/mol. The molecule has 2 aromatic heterocycles. The van der Waals surface area contributed by atoms with Crippen molar-refractivity contribution in [1.82, 2.24) is 24.6 Å². The molecule has 0 bridgehead atoms. The van der Waals surface area contributed by atoms with E-state index in [0.29, 0.717) is 11.7 Å².